The maximum atomic E-state index is 9.82. The molecule has 1 heteroatoms. The molecule has 1 aliphatic carbocycles. The minimum Gasteiger partial charge on any atom is -0.388 e. The first-order chi connectivity index (χ1) is 9.24. The lowest BCUT2D eigenvalue weighted by molar-refractivity contribution is 0.173. The van der Waals surface area contributed by atoms with Crippen LogP contribution in [0.3, 0.4) is 0 Å². The van der Waals surface area contributed by atoms with E-state index in [9.17, 15) is 5.11 Å². The van der Waals surface area contributed by atoms with E-state index in [2.05, 4.69) is 31.2 Å². The lowest BCUT2D eigenvalue weighted by atomic mass is 9.77. The molecule has 0 saturated heterocycles. The number of rotatable bonds is 5. The van der Waals surface area contributed by atoms with E-state index >= 15 is 0 Å². The molecule has 0 spiro atoms. The topological polar surface area (TPSA) is 20.2 Å². The lowest BCUT2D eigenvalue weighted by Gasteiger charge is -2.28. The predicted molar refractivity (Wildman–Crippen MR) is 81.3 cm³/mol. The predicted octanol–water partition coefficient (Wildman–Crippen LogP) is 5.20. The van der Waals surface area contributed by atoms with Crippen molar-refractivity contribution in [1.82, 2.24) is 0 Å². The molecular formula is C18H28O. The summed E-state index contributed by atoms with van der Waals surface area (Å²) in [5.74, 6) is 1.73. The summed E-state index contributed by atoms with van der Waals surface area (Å²) in [5.41, 5.74) is 2.54. The van der Waals surface area contributed by atoms with Crippen molar-refractivity contribution in [2.24, 2.45) is 5.92 Å². The van der Waals surface area contributed by atoms with E-state index in [1.165, 1.54) is 44.1 Å². The maximum Gasteiger partial charge on any atom is 0.0787 e. The first kappa shape index (κ1) is 14.6. The molecule has 0 aliphatic heterocycles. The monoisotopic (exact) mass is 260 g/mol. The Labute approximate surface area is 118 Å². The molecule has 0 bridgehead atoms. The van der Waals surface area contributed by atoms with Gasteiger partial charge in [-0.25, -0.2) is 0 Å². The van der Waals surface area contributed by atoms with E-state index in [1.807, 2.05) is 6.92 Å². The van der Waals surface area contributed by atoms with Crippen LogP contribution in [0.25, 0.3) is 0 Å². The van der Waals surface area contributed by atoms with Crippen LogP contribution in [-0.4, -0.2) is 5.11 Å². The van der Waals surface area contributed by atoms with Gasteiger partial charge in [0.15, 0.2) is 0 Å². The van der Waals surface area contributed by atoms with Gasteiger partial charge in [0.25, 0.3) is 0 Å². The first-order valence-electron chi connectivity index (χ1n) is 8.02. The molecular weight excluding hydrogens is 232 g/mol. The van der Waals surface area contributed by atoms with Gasteiger partial charge in [-0.1, -0.05) is 51.0 Å². The van der Waals surface area contributed by atoms with Crippen LogP contribution in [0.2, 0.25) is 0 Å². The Hall–Kier alpha value is -0.820. The molecule has 1 aromatic carbocycles. The second-order valence-corrected chi connectivity index (χ2v) is 6.10. The van der Waals surface area contributed by atoms with Gasteiger partial charge in [0.05, 0.1) is 6.10 Å². The van der Waals surface area contributed by atoms with Gasteiger partial charge in [0.2, 0.25) is 0 Å². The Morgan fingerprint density at radius 1 is 1.05 bits per heavy atom. The molecule has 1 fully saturated rings. The SMILES string of the molecule is CCCC1CCC(c2ccc(C(O)CC)cc2)CC1. The molecule has 1 atom stereocenters. The minimum absolute atomic E-state index is 0.297. The van der Waals surface area contributed by atoms with Gasteiger partial charge >= 0.3 is 0 Å². The van der Waals surface area contributed by atoms with Gasteiger partial charge < -0.3 is 5.11 Å². The third-order valence-electron chi connectivity index (χ3n) is 4.72. The van der Waals surface area contributed by atoms with Crippen molar-refractivity contribution in [3.63, 3.8) is 0 Å². The zero-order valence-electron chi connectivity index (χ0n) is 12.4. The molecule has 1 nitrogen and oxygen atoms in total. The third kappa shape index (κ3) is 3.82. The molecule has 1 unspecified atom stereocenters. The fraction of sp³-hybridized carbons (Fsp3) is 0.667. The minimum atomic E-state index is -0.297. The van der Waals surface area contributed by atoms with Gasteiger partial charge in [-0.2, -0.15) is 0 Å². The second kappa shape index (κ2) is 7.09. The zero-order valence-corrected chi connectivity index (χ0v) is 12.4. The van der Waals surface area contributed by atoms with Crippen molar-refractivity contribution >= 4 is 0 Å². The zero-order chi connectivity index (χ0) is 13.7. The highest BCUT2D eigenvalue weighted by atomic mass is 16.3. The first-order valence-corrected chi connectivity index (χ1v) is 8.02. The van der Waals surface area contributed by atoms with E-state index in [0.717, 1.165) is 23.8 Å². The summed E-state index contributed by atoms with van der Waals surface area (Å²) < 4.78 is 0. The Balaban J connectivity index is 1.92. The Bertz CT molecular complexity index is 360. The van der Waals surface area contributed by atoms with Crippen LogP contribution in [-0.2, 0) is 0 Å². The van der Waals surface area contributed by atoms with E-state index in [-0.39, 0.29) is 6.10 Å². The van der Waals surface area contributed by atoms with Gasteiger partial charge in [-0.3, -0.25) is 0 Å². The molecule has 106 valence electrons. The molecule has 0 amide bonds. The van der Waals surface area contributed by atoms with Crippen LogP contribution in [0.5, 0.6) is 0 Å². The van der Waals surface area contributed by atoms with Crippen molar-refractivity contribution in [2.45, 2.75) is 70.8 Å². The summed E-state index contributed by atoms with van der Waals surface area (Å²) in [7, 11) is 0. The lowest BCUT2D eigenvalue weighted by Crippen LogP contribution is -2.13. The van der Waals surface area contributed by atoms with Crippen LogP contribution in [0.1, 0.15) is 81.9 Å². The standard InChI is InChI=1S/C18H28O/c1-3-5-14-6-8-15(9-7-14)16-10-12-17(13-11-16)18(19)4-2/h10-15,18-19H,3-9H2,1-2H3. The fourth-order valence-corrected chi connectivity index (χ4v) is 3.42. The highest BCUT2D eigenvalue weighted by molar-refractivity contribution is 5.27. The Morgan fingerprint density at radius 3 is 2.21 bits per heavy atom. The molecule has 19 heavy (non-hydrogen) atoms. The summed E-state index contributed by atoms with van der Waals surface area (Å²) >= 11 is 0. The van der Waals surface area contributed by atoms with E-state index in [4.69, 9.17) is 0 Å². The largest absolute Gasteiger partial charge is 0.388 e. The Kier molecular flexibility index (Phi) is 5.45. The van der Waals surface area contributed by atoms with Gasteiger partial charge in [0.1, 0.15) is 0 Å². The number of benzene rings is 1. The average molecular weight is 260 g/mol. The number of hydrogen-bond acceptors (Lipinski definition) is 1. The van der Waals surface area contributed by atoms with Crippen molar-refractivity contribution < 1.29 is 5.11 Å². The summed E-state index contributed by atoms with van der Waals surface area (Å²) in [6.07, 6.45) is 8.74. The van der Waals surface area contributed by atoms with Crippen LogP contribution >= 0.6 is 0 Å². The molecule has 0 aromatic heterocycles. The molecule has 0 heterocycles. The van der Waals surface area contributed by atoms with E-state index in [0.29, 0.717) is 0 Å². The molecule has 1 aliphatic rings. The average Bonchev–Trinajstić information content (AvgIpc) is 2.48. The summed E-state index contributed by atoms with van der Waals surface area (Å²) in [4.78, 5) is 0. The summed E-state index contributed by atoms with van der Waals surface area (Å²) in [6, 6.07) is 8.70. The van der Waals surface area contributed by atoms with Crippen LogP contribution in [0.15, 0.2) is 24.3 Å². The van der Waals surface area contributed by atoms with Gasteiger partial charge in [0, 0.05) is 0 Å². The van der Waals surface area contributed by atoms with Crippen LogP contribution in [0.4, 0.5) is 0 Å². The second-order valence-electron chi connectivity index (χ2n) is 6.10. The van der Waals surface area contributed by atoms with Crippen LogP contribution < -0.4 is 0 Å². The van der Waals surface area contributed by atoms with Crippen molar-refractivity contribution in [3.8, 4) is 0 Å². The molecule has 2 rings (SSSR count). The van der Waals surface area contributed by atoms with E-state index < -0.39 is 0 Å². The van der Waals surface area contributed by atoms with Crippen molar-refractivity contribution in [3.05, 3.63) is 35.4 Å². The third-order valence-corrected chi connectivity index (χ3v) is 4.72. The summed E-state index contributed by atoms with van der Waals surface area (Å²) in [6.45, 7) is 4.32. The molecule has 1 aromatic rings. The highest BCUT2D eigenvalue weighted by Gasteiger charge is 2.21. The number of aliphatic hydroxyl groups is 1. The van der Waals surface area contributed by atoms with Gasteiger partial charge in [-0.05, 0) is 55.1 Å². The Morgan fingerprint density at radius 2 is 1.68 bits per heavy atom. The van der Waals surface area contributed by atoms with Crippen molar-refractivity contribution in [1.29, 1.82) is 0 Å². The fourth-order valence-electron chi connectivity index (χ4n) is 3.42. The van der Waals surface area contributed by atoms with E-state index in [1.54, 1.807) is 0 Å². The smallest absolute Gasteiger partial charge is 0.0787 e. The van der Waals surface area contributed by atoms with Crippen molar-refractivity contribution in [2.75, 3.05) is 0 Å². The van der Waals surface area contributed by atoms with Crippen LogP contribution in [0, 0.1) is 5.92 Å². The maximum absolute atomic E-state index is 9.82. The number of aliphatic hydroxyl groups excluding tert-OH is 1. The molecule has 0 radical (unpaired) electrons. The molecule has 1 saturated carbocycles. The molecule has 1 N–H and O–H groups in total. The number of hydrogen-bond donors (Lipinski definition) is 1. The van der Waals surface area contributed by atoms with Gasteiger partial charge in [-0.15, -0.1) is 0 Å². The summed E-state index contributed by atoms with van der Waals surface area (Å²) in [5, 5.41) is 9.82. The highest BCUT2D eigenvalue weighted by Crippen LogP contribution is 2.37. The quantitative estimate of drug-likeness (QED) is 0.771. The normalized spacial score (nSPS) is 25.2.